The van der Waals surface area contributed by atoms with Crippen LogP contribution in [-0.4, -0.2) is 33.1 Å². The van der Waals surface area contributed by atoms with Crippen LogP contribution in [0.5, 0.6) is 0 Å². The molecule has 0 aliphatic carbocycles. The quantitative estimate of drug-likeness (QED) is 0.613. The van der Waals surface area contributed by atoms with Crippen molar-refractivity contribution in [3.8, 4) is 0 Å². The maximum Gasteiger partial charge on any atom is 0.356 e. The molecule has 0 aliphatic rings. The van der Waals surface area contributed by atoms with Crippen molar-refractivity contribution in [3.63, 3.8) is 0 Å². The first-order valence-electron chi connectivity index (χ1n) is 6.38. The molecular weight excluding hydrogens is 343 g/mol. The predicted octanol–water partition coefficient (Wildman–Crippen LogP) is 2.03. The van der Waals surface area contributed by atoms with E-state index in [0.29, 0.717) is 0 Å². The number of aromatic carboxylic acids is 1. The number of rotatable bonds is 5. The Kier molecular flexibility index (Phi) is 5.27. The van der Waals surface area contributed by atoms with E-state index in [1.54, 1.807) is 0 Å². The third kappa shape index (κ3) is 4.40. The first kappa shape index (κ1) is 17.2. The van der Waals surface area contributed by atoms with Gasteiger partial charge in [0.1, 0.15) is 5.82 Å². The maximum absolute atomic E-state index is 13.0. The third-order valence-electron chi connectivity index (χ3n) is 2.68. The van der Waals surface area contributed by atoms with E-state index in [2.05, 4.69) is 20.8 Å². The van der Waals surface area contributed by atoms with E-state index >= 15 is 0 Å². The van der Waals surface area contributed by atoms with Crippen LogP contribution >= 0.6 is 11.6 Å². The lowest BCUT2D eigenvalue weighted by Gasteiger charge is -2.03. The molecule has 0 saturated carbocycles. The molecule has 1 aromatic carbocycles. The van der Waals surface area contributed by atoms with Crippen LogP contribution in [0.25, 0.3) is 0 Å². The molecule has 1 heterocycles. The number of hydrogen-bond acceptors (Lipinski definition) is 4. The number of carbonyl (C=O) groups excluding carboxylic acids is 2. The minimum atomic E-state index is -1.29. The number of nitrogens with one attached hydrogen (secondary N) is 3. The van der Waals surface area contributed by atoms with Gasteiger partial charge in [-0.1, -0.05) is 11.6 Å². The van der Waals surface area contributed by atoms with Crippen molar-refractivity contribution in [2.75, 3.05) is 10.6 Å². The highest BCUT2D eigenvalue weighted by molar-refractivity contribution is 6.31. The summed E-state index contributed by atoms with van der Waals surface area (Å²) < 4.78 is 13.0. The molecule has 4 N–H and O–H groups in total. The van der Waals surface area contributed by atoms with E-state index in [-0.39, 0.29) is 22.1 Å². The molecule has 2 rings (SSSR count). The fourth-order valence-electron chi connectivity index (χ4n) is 1.63. The molecule has 0 radical (unpaired) electrons. The number of aromatic nitrogens is 2. The van der Waals surface area contributed by atoms with Gasteiger partial charge in [0.2, 0.25) is 11.8 Å². The average Bonchev–Trinajstić information content (AvgIpc) is 2.97. The van der Waals surface area contributed by atoms with Gasteiger partial charge in [0.25, 0.3) is 0 Å². The first-order chi connectivity index (χ1) is 11.4. The summed E-state index contributed by atoms with van der Waals surface area (Å²) in [5.41, 5.74) is -0.0792. The van der Waals surface area contributed by atoms with Gasteiger partial charge in [-0.3, -0.25) is 14.7 Å². The van der Waals surface area contributed by atoms with Crippen LogP contribution in [-0.2, 0) is 9.59 Å². The number of hydrogen-bond donors (Lipinski definition) is 4. The zero-order valence-electron chi connectivity index (χ0n) is 11.8. The number of anilines is 2. The van der Waals surface area contributed by atoms with E-state index in [0.717, 1.165) is 24.4 Å². The molecule has 124 valence electrons. The molecule has 0 bridgehead atoms. The number of H-pyrrole nitrogens is 1. The Balaban J connectivity index is 1.95. The minimum Gasteiger partial charge on any atom is -0.476 e. The van der Waals surface area contributed by atoms with Crippen LogP contribution in [0.15, 0.2) is 36.5 Å². The number of amides is 2. The third-order valence-corrected chi connectivity index (χ3v) is 2.97. The van der Waals surface area contributed by atoms with Crippen molar-refractivity contribution in [1.29, 1.82) is 0 Å². The highest BCUT2D eigenvalue weighted by Crippen LogP contribution is 2.19. The van der Waals surface area contributed by atoms with E-state index in [4.69, 9.17) is 16.7 Å². The second kappa shape index (κ2) is 7.38. The summed E-state index contributed by atoms with van der Waals surface area (Å²) in [6.45, 7) is 0. The minimum absolute atomic E-state index is 0.0390. The van der Waals surface area contributed by atoms with Crippen LogP contribution in [0.3, 0.4) is 0 Å². The van der Waals surface area contributed by atoms with E-state index in [1.807, 2.05) is 0 Å². The van der Waals surface area contributed by atoms with Gasteiger partial charge in [0.05, 0.1) is 16.9 Å². The Labute approximate surface area is 139 Å². The number of nitrogens with zero attached hydrogens (tertiary/aromatic N) is 1. The smallest absolute Gasteiger partial charge is 0.356 e. The van der Waals surface area contributed by atoms with Crippen molar-refractivity contribution < 1.29 is 23.9 Å². The number of carboxylic acids is 1. The van der Waals surface area contributed by atoms with Crippen LogP contribution in [0, 0.1) is 5.82 Å². The standard InChI is InChI=1S/C14H10ClFN4O4/c15-8-5-7(1-2-9(8)16)18-11(21)3-4-12(22)19-10-6-17-20-13(10)14(23)24/h1-6H,(H,17,20)(H,18,21)(H,19,22)(H,23,24)/b4-3+. The zero-order valence-corrected chi connectivity index (χ0v) is 12.6. The predicted molar refractivity (Wildman–Crippen MR) is 83.4 cm³/mol. The summed E-state index contributed by atoms with van der Waals surface area (Å²) >= 11 is 5.58. The summed E-state index contributed by atoms with van der Waals surface area (Å²) in [6.07, 6.45) is 2.95. The normalized spacial score (nSPS) is 10.6. The highest BCUT2D eigenvalue weighted by atomic mass is 35.5. The fourth-order valence-corrected chi connectivity index (χ4v) is 1.81. The largest absolute Gasteiger partial charge is 0.476 e. The van der Waals surface area contributed by atoms with E-state index < -0.39 is 23.6 Å². The van der Waals surface area contributed by atoms with Crippen LogP contribution in [0.2, 0.25) is 5.02 Å². The van der Waals surface area contributed by atoms with Gasteiger partial charge in [-0.2, -0.15) is 5.10 Å². The van der Waals surface area contributed by atoms with Gasteiger partial charge in [-0.15, -0.1) is 0 Å². The van der Waals surface area contributed by atoms with Crippen LogP contribution in [0.1, 0.15) is 10.5 Å². The highest BCUT2D eigenvalue weighted by Gasteiger charge is 2.13. The molecule has 0 aliphatic heterocycles. The van der Waals surface area contributed by atoms with Crippen LogP contribution < -0.4 is 10.6 Å². The van der Waals surface area contributed by atoms with Crippen molar-refractivity contribution in [3.05, 3.63) is 53.1 Å². The van der Waals surface area contributed by atoms with Crippen molar-refractivity contribution in [2.45, 2.75) is 0 Å². The molecule has 2 amide bonds. The van der Waals surface area contributed by atoms with Gasteiger partial charge in [0, 0.05) is 17.8 Å². The molecule has 24 heavy (non-hydrogen) atoms. The molecule has 2 aromatic rings. The first-order valence-corrected chi connectivity index (χ1v) is 6.76. The molecule has 0 fully saturated rings. The molecule has 0 spiro atoms. The second-order valence-electron chi connectivity index (χ2n) is 4.40. The Morgan fingerprint density at radius 2 is 1.88 bits per heavy atom. The number of carbonyl (C=O) groups is 3. The fraction of sp³-hybridized carbons (Fsp3) is 0. The Morgan fingerprint density at radius 1 is 1.21 bits per heavy atom. The van der Waals surface area contributed by atoms with E-state index in [1.165, 1.54) is 12.1 Å². The Morgan fingerprint density at radius 3 is 2.50 bits per heavy atom. The summed E-state index contributed by atoms with van der Waals surface area (Å²) in [6, 6.07) is 3.60. The molecular formula is C14H10ClFN4O4. The average molecular weight is 353 g/mol. The summed E-state index contributed by atoms with van der Waals surface area (Å²) in [5.74, 6) is -3.30. The number of carboxylic acid groups (broad SMARTS) is 1. The molecule has 0 saturated heterocycles. The van der Waals surface area contributed by atoms with Gasteiger partial charge in [-0.05, 0) is 18.2 Å². The lowest BCUT2D eigenvalue weighted by Crippen LogP contribution is -2.13. The summed E-state index contributed by atoms with van der Waals surface area (Å²) in [5, 5.41) is 19.0. The lowest BCUT2D eigenvalue weighted by molar-refractivity contribution is -0.114. The maximum atomic E-state index is 13.0. The molecule has 1 aromatic heterocycles. The van der Waals surface area contributed by atoms with Gasteiger partial charge in [0.15, 0.2) is 5.69 Å². The number of benzene rings is 1. The number of aromatic amines is 1. The number of halogens is 2. The van der Waals surface area contributed by atoms with Crippen molar-refractivity contribution in [1.82, 2.24) is 10.2 Å². The Bertz CT molecular complexity index is 834. The van der Waals surface area contributed by atoms with Gasteiger partial charge >= 0.3 is 5.97 Å². The summed E-state index contributed by atoms with van der Waals surface area (Å²) in [7, 11) is 0. The van der Waals surface area contributed by atoms with Gasteiger partial charge in [-0.25, -0.2) is 9.18 Å². The topological polar surface area (TPSA) is 124 Å². The second-order valence-corrected chi connectivity index (χ2v) is 4.81. The van der Waals surface area contributed by atoms with E-state index in [9.17, 15) is 18.8 Å². The zero-order chi connectivity index (χ0) is 17.7. The van der Waals surface area contributed by atoms with Crippen molar-refractivity contribution >= 4 is 40.8 Å². The molecule has 0 unspecified atom stereocenters. The monoisotopic (exact) mass is 352 g/mol. The molecule has 0 atom stereocenters. The Hall–Kier alpha value is -3.20. The van der Waals surface area contributed by atoms with Crippen molar-refractivity contribution in [2.24, 2.45) is 0 Å². The molecule has 10 heteroatoms. The molecule has 8 nitrogen and oxygen atoms in total. The van der Waals surface area contributed by atoms with Gasteiger partial charge < -0.3 is 15.7 Å². The SMILES string of the molecule is O=C(/C=C/C(=O)Nc1cn[nH]c1C(=O)O)Nc1ccc(F)c(Cl)c1. The lowest BCUT2D eigenvalue weighted by atomic mass is 10.3. The summed E-state index contributed by atoms with van der Waals surface area (Å²) in [4.78, 5) is 34.2. The van der Waals surface area contributed by atoms with Crippen LogP contribution in [0.4, 0.5) is 15.8 Å².